The van der Waals surface area contributed by atoms with Crippen LogP contribution in [0.25, 0.3) is 0 Å². The number of β-lactam (4-membered cyclic amide) rings is 1. The van der Waals surface area contributed by atoms with Gasteiger partial charge >= 0.3 is 18.0 Å². The Bertz CT molecular complexity index is 1340. The Labute approximate surface area is 247 Å². The number of aromatic carboxylic acids is 1. The number of ether oxygens (including phenoxy) is 2. The summed E-state index contributed by atoms with van der Waals surface area (Å²) in [6.45, 7) is 10.5. The molecule has 42 heavy (non-hydrogen) atoms. The normalized spacial score (nSPS) is 25.3. The number of nitrogens with zero attached hydrogens (tertiary/aromatic N) is 2. The van der Waals surface area contributed by atoms with E-state index in [2.05, 4.69) is 18.5 Å². The topological polar surface area (TPSA) is 163 Å². The zero-order valence-corrected chi connectivity index (χ0v) is 24.0. The summed E-state index contributed by atoms with van der Waals surface area (Å²) in [4.78, 5) is 67.0. The number of benzene rings is 1. The maximum absolute atomic E-state index is 13.4. The largest absolute Gasteiger partial charge is 0.478 e. The molecule has 3 aliphatic heterocycles. The van der Waals surface area contributed by atoms with Crippen molar-refractivity contribution in [3.63, 3.8) is 0 Å². The molecule has 0 saturated carbocycles. The standard InChI is InChI=1S/C29H33N3O9S/c1-5-10-40-28(38)23-24(15(3)22-21(16(4)33)26(35)32(22)23)42-19-13-20(31(14-19)29(39)41-11-6-2)25(34)30-18-9-7-8-17(12-18)27(36)37/h5-9,12,15-16,19-22,33H,1-2,10-11,13-14H2,3-4H3,(H,30,34)(H,36,37)/t15-,16-,19+,20+,21-,22+/m1/s1. The first-order valence-electron chi connectivity index (χ1n) is 13.4. The van der Waals surface area contributed by atoms with Crippen molar-refractivity contribution in [1.29, 1.82) is 0 Å². The van der Waals surface area contributed by atoms with Gasteiger partial charge in [-0.2, -0.15) is 0 Å². The fourth-order valence-corrected chi connectivity index (χ4v) is 7.07. The molecule has 2 fully saturated rings. The predicted octanol–water partition coefficient (Wildman–Crippen LogP) is 2.62. The van der Waals surface area contributed by atoms with Crippen molar-refractivity contribution in [3.05, 3.63) is 65.7 Å². The van der Waals surface area contributed by atoms with Crippen LogP contribution >= 0.6 is 11.8 Å². The van der Waals surface area contributed by atoms with Crippen LogP contribution in [-0.4, -0.2) is 93.1 Å². The summed E-state index contributed by atoms with van der Waals surface area (Å²) in [5.74, 6) is -3.74. The van der Waals surface area contributed by atoms with Crippen molar-refractivity contribution >= 4 is 47.3 Å². The molecule has 3 amide bonds. The minimum absolute atomic E-state index is 0.0115. The smallest absolute Gasteiger partial charge is 0.410 e. The number of hydrogen-bond donors (Lipinski definition) is 3. The van der Waals surface area contributed by atoms with Gasteiger partial charge in [0.05, 0.1) is 23.6 Å². The molecule has 3 heterocycles. The zero-order chi connectivity index (χ0) is 30.7. The van der Waals surface area contributed by atoms with Crippen molar-refractivity contribution in [2.45, 2.75) is 43.7 Å². The lowest BCUT2D eigenvalue weighted by Gasteiger charge is -2.46. The highest BCUT2D eigenvalue weighted by molar-refractivity contribution is 8.03. The van der Waals surface area contributed by atoms with E-state index in [0.717, 1.165) is 0 Å². The van der Waals surface area contributed by atoms with Crippen LogP contribution in [0.15, 0.2) is 60.2 Å². The summed E-state index contributed by atoms with van der Waals surface area (Å²) in [6.07, 6.45) is 1.35. The number of esters is 1. The van der Waals surface area contributed by atoms with Gasteiger partial charge < -0.3 is 29.9 Å². The van der Waals surface area contributed by atoms with Crippen molar-refractivity contribution in [1.82, 2.24) is 9.80 Å². The molecular formula is C29H33N3O9S. The van der Waals surface area contributed by atoms with E-state index in [9.17, 15) is 34.2 Å². The molecule has 0 spiro atoms. The van der Waals surface area contributed by atoms with E-state index >= 15 is 0 Å². The van der Waals surface area contributed by atoms with E-state index in [0.29, 0.717) is 4.91 Å². The molecule has 0 unspecified atom stereocenters. The predicted molar refractivity (Wildman–Crippen MR) is 153 cm³/mol. The Morgan fingerprint density at radius 2 is 1.88 bits per heavy atom. The number of hydrogen-bond acceptors (Lipinski definition) is 9. The third-order valence-corrected chi connectivity index (χ3v) is 8.92. The SMILES string of the molecule is C=CCOC(=O)C1=C(S[C@H]2C[C@@H](C(=O)Nc3cccc(C(=O)O)c3)N(C(=O)OCC=C)C2)[C@H](C)[C@H]2[C@@H]([C@@H](C)O)C(=O)N12. The molecule has 1 aromatic carbocycles. The molecule has 224 valence electrons. The molecule has 6 atom stereocenters. The van der Waals surface area contributed by atoms with Gasteiger partial charge in [0, 0.05) is 28.3 Å². The first-order valence-corrected chi connectivity index (χ1v) is 14.3. The summed E-state index contributed by atoms with van der Waals surface area (Å²) < 4.78 is 10.5. The van der Waals surface area contributed by atoms with E-state index in [1.54, 1.807) is 0 Å². The van der Waals surface area contributed by atoms with Crippen LogP contribution in [0.3, 0.4) is 0 Å². The number of rotatable bonds is 11. The fraction of sp³-hybridized carbons (Fsp3) is 0.414. The second-order valence-corrected chi connectivity index (χ2v) is 11.6. The van der Waals surface area contributed by atoms with Gasteiger partial charge in [-0.1, -0.05) is 38.3 Å². The van der Waals surface area contributed by atoms with Crippen LogP contribution < -0.4 is 5.32 Å². The van der Waals surface area contributed by atoms with Gasteiger partial charge in [-0.15, -0.1) is 11.8 Å². The Hall–Kier alpha value is -4.10. The van der Waals surface area contributed by atoms with Crippen LogP contribution in [0.5, 0.6) is 0 Å². The van der Waals surface area contributed by atoms with E-state index in [1.807, 2.05) is 6.92 Å². The number of thioether (sulfide) groups is 1. The Kier molecular flexibility index (Phi) is 9.42. The van der Waals surface area contributed by atoms with E-state index in [1.165, 1.54) is 64.9 Å². The Morgan fingerprint density at radius 1 is 1.19 bits per heavy atom. The highest BCUT2D eigenvalue weighted by Crippen LogP contribution is 2.52. The number of anilines is 1. The average molecular weight is 600 g/mol. The van der Waals surface area contributed by atoms with Crippen LogP contribution in [0.2, 0.25) is 0 Å². The van der Waals surface area contributed by atoms with Crippen LogP contribution in [0, 0.1) is 11.8 Å². The lowest BCUT2D eigenvalue weighted by molar-refractivity contribution is -0.164. The van der Waals surface area contributed by atoms with Gasteiger partial charge in [0.1, 0.15) is 25.0 Å². The third kappa shape index (κ3) is 5.93. The molecule has 12 nitrogen and oxygen atoms in total. The number of likely N-dealkylation sites (tertiary alicyclic amines) is 1. The zero-order valence-electron chi connectivity index (χ0n) is 23.2. The highest BCUT2D eigenvalue weighted by Gasteiger charge is 2.60. The monoisotopic (exact) mass is 599 g/mol. The summed E-state index contributed by atoms with van der Waals surface area (Å²) in [7, 11) is 0. The van der Waals surface area contributed by atoms with E-state index in [-0.39, 0.29) is 60.2 Å². The number of carbonyl (C=O) groups is 5. The van der Waals surface area contributed by atoms with Crippen LogP contribution in [0.4, 0.5) is 10.5 Å². The van der Waals surface area contributed by atoms with Crippen molar-refractivity contribution in [2.24, 2.45) is 11.8 Å². The third-order valence-electron chi connectivity index (χ3n) is 7.43. The molecule has 0 aromatic heterocycles. The first-order chi connectivity index (χ1) is 20.0. The summed E-state index contributed by atoms with van der Waals surface area (Å²) in [5, 5.41) is 21.8. The lowest BCUT2D eigenvalue weighted by Crippen LogP contribution is -2.63. The number of aliphatic hydroxyl groups excluding tert-OH is 1. The van der Waals surface area contributed by atoms with E-state index in [4.69, 9.17) is 9.47 Å². The number of nitrogens with one attached hydrogen (secondary N) is 1. The average Bonchev–Trinajstić information content (AvgIpc) is 3.48. The fourth-order valence-electron chi connectivity index (χ4n) is 5.55. The number of fused-ring (bicyclic) bond motifs is 1. The first kappa shape index (κ1) is 30.8. The van der Waals surface area contributed by atoms with Crippen molar-refractivity contribution in [3.8, 4) is 0 Å². The highest BCUT2D eigenvalue weighted by atomic mass is 32.2. The molecule has 1 aromatic rings. The molecular weight excluding hydrogens is 566 g/mol. The van der Waals surface area contributed by atoms with Gasteiger partial charge in [0.15, 0.2) is 0 Å². The van der Waals surface area contributed by atoms with E-state index < -0.39 is 48.0 Å². The minimum Gasteiger partial charge on any atom is -0.478 e. The molecule has 0 radical (unpaired) electrons. The summed E-state index contributed by atoms with van der Waals surface area (Å²) in [5.41, 5.74) is 0.338. The molecule has 4 rings (SSSR count). The molecule has 0 bridgehead atoms. The molecule has 2 saturated heterocycles. The Morgan fingerprint density at radius 3 is 2.52 bits per heavy atom. The maximum Gasteiger partial charge on any atom is 0.410 e. The number of aliphatic hydroxyl groups is 1. The second-order valence-electron chi connectivity index (χ2n) is 10.2. The van der Waals surface area contributed by atoms with Gasteiger partial charge in [-0.25, -0.2) is 14.4 Å². The van der Waals surface area contributed by atoms with Gasteiger partial charge in [-0.05, 0) is 31.5 Å². The van der Waals surface area contributed by atoms with Gasteiger partial charge in [0.25, 0.3) is 0 Å². The van der Waals surface area contributed by atoms with Gasteiger partial charge in [0.2, 0.25) is 11.8 Å². The number of carboxylic acid groups (broad SMARTS) is 1. The lowest BCUT2D eigenvalue weighted by atomic mass is 9.79. The van der Waals surface area contributed by atoms with Crippen molar-refractivity contribution < 1.29 is 43.7 Å². The summed E-state index contributed by atoms with van der Waals surface area (Å²) in [6, 6.07) is 4.34. The van der Waals surface area contributed by atoms with Gasteiger partial charge in [-0.3, -0.25) is 14.5 Å². The number of carbonyl (C=O) groups excluding carboxylic acids is 4. The Balaban J connectivity index is 1.60. The molecule has 3 N–H and O–H groups in total. The van der Waals surface area contributed by atoms with Crippen LogP contribution in [0.1, 0.15) is 30.6 Å². The minimum atomic E-state index is -1.15. The number of amides is 3. The summed E-state index contributed by atoms with van der Waals surface area (Å²) >= 11 is 1.29. The molecule has 13 heteroatoms. The van der Waals surface area contributed by atoms with Crippen molar-refractivity contribution in [2.75, 3.05) is 25.1 Å². The molecule has 0 aliphatic carbocycles. The quantitative estimate of drug-likeness (QED) is 0.196. The van der Waals surface area contributed by atoms with Crippen LogP contribution in [-0.2, 0) is 23.9 Å². The second kappa shape index (κ2) is 12.8. The number of carboxylic acids is 1. The molecule has 3 aliphatic rings. The maximum atomic E-state index is 13.4.